The van der Waals surface area contributed by atoms with Crippen LogP contribution in [0.1, 0.15) is 55.2 Å². The molecule has 0 radical (unpaired) electrons. The molecule has 4 amide bonds. The molecule has 3 N–H and O–H groups in total. The molecular formula is C31H37ClF3N5O3. The molecule has 3 aliphatic rings. The molecule has 43 heavy (non-hydrogen) atoms. The maximum atomic E-state index is 13.6. The van der Waals surface area contributed by atoms with E-state index >= 15 is 0 Å². The van der Waals surface area contributed by atoms with Gasteiger partial charge in [0, 0.05) is 50.9 Å². The first-order valence-corrected chi connectivity index (χ1v) is 15.3. The van der Waals surface area contributed by atoms with Crippen molar-refractivity contribution >= 4 is 40.8 Å². The summed E-state index contributed by atoms with van der Waals surface area (Å²) >= 11 is 6.06. The fourth-order valence-electron chi connectivity index (χ4n) is 6.44. The zero-order valence-corrected chi connectivity index (χ0v) is 24.7. The van der Waals surface area contributed by atoms with E-state index in [2.05, 4.69) is 5.32 Å². The van der Waals surface area contributed by atoms with Gasteiger partial charge in [0.05, 0.1) is 22.2 Å². The largest absolute Gasteiger partial charge is 0.418 e. The van der Waals surface area contributed by atoms with Crippen LogP contribution in [0.4, 0.5) is 29.3 Å². The lowest BCUT2D eigenvalue weighted by molar-refractivity contribution is -0.142. The third kappa shape index (κ3) is 7.20. The second kappa shape index (κ2) is 13.0. The molecule has 1 atom stereocenters. The zero-order chi connectivity index (χ0) is 30.7. The summed E-state index contributed by atoms with van der Waals surface area (Å²) in [5.74, 6) is -1.29. The van der Waals surface area contributed by atoms with Crippen molar-refractivity contribution in [1.82, 2.24) is 14.7 Å². The van der Waals surface area contributed by atoms with Crippen molar-refractivity contribution in [3.8, 4) is 0 Å². The van der Waals surface area contributed by atoms with Gasteiger partial charge < -0.3 is 25.8 Å². The minimum Gasteiger partial charge on any atom is -0.397 e. The van der Waals surface area contributed by atoms with Gasteiger partial charge in [-0.05, 0) is 74.3 Å². The number of nitrogens with two attached hydrogens (primary N) is 1. The summed E-state index contributed by atoms with van der Waals surface area (Å²) in [4.78, 5) is 45.4. The Morgan fingerprint density at radius 1 is 1.00 bits per heavy atom. The van der Waals surface area contributed by atoms with Gasteiger partial charge in [0.25, 0.3) is 0 Å². The van der Waals surface area contributed by atoms with Gasteiger partial charge in [0.15, 0.2) is 0 Å². The molecule has 232 valence electrons. The molecule has 5 rings (SSSR count). The Morgan fingerprint density at radius 2 is 1.70 bits per heavy atom. The van der Waals surface area contributed by atoms with Gasteiger partial charge in [0.2, 0.25) is 11.8 Å². The molecule has 0 aromatic heterocycles. The van der Waals surface area contributed by atoms with Crippen LogP contribution in [0, 0.1) is 5.92 Å². The number of halogens is 4. The van der Waals surface area contributed by atoms with E-state index in [1.807, 2.05) is 29.2 Å². The van der Waals surface area contributed by atoms with Crippen molar-refractivity contribution in [2.45, 2.75) is 63.6 Å². The van der Waals surface area contributed by atoms with Gasteiger partial charge in [-0.25, -0.2) is 4.79 Å². The fourth-order valence-corrected chi connectivity index (χ4v) is 6.68. The number of nitrogens with one attached hydrogen (secondary N) is 1. The number of nitrogens with zero attached hydrogens (tertiary/aromatic N) is 3. The van der Waals surface area contributed by atoms with Crippen molar-refractivity contribution in [3.63, 3.8) is 0 Å². The van der Waals surface area contributed by atoms with Gasteiger partial charge in [-0.1, -0.05) is 29.8 Å². The molecule has 3 aliphatic heterocycles. The number of benzene rings is 2. The van der Waals surface area contributed by atoms with Crippen molar-refractivity contribution in [1.29, 1.82) is 0 Å². The van der Waals surface area contributed by atoms with Crippen LogP contribution in [-0.2, 0) is 28.6 Å². The van der Waals surface area contributed by atoms with Gasteiger partial charge in [-0.3, -0.25) is 9.59 Å². The Morgan fingerprint density at radius 3 is 2.40 bits per heavy atom. The lowest BCUT2D eigenvalue weighted by Gasteiger charge is -2.38. The number of carbonyl (C=O) groups excluding carboxylic acids is 3. The number of likely N-dealkylation sites (tertiary alicyclic amines) is 2. The number of amides is 4. The molecule has 2 aromatic rings. The van der Waals surface area contributed by atoms with Gasteiger partial charge in [-0.2, -0.15) is 13.2 Å². The normalized spacial score (nSPS) is 19.0. The van der Waals surface area contributed by atoms with Crippen LogP contribution in [0.3, 0.4) is 0 Å². The highest BCUT2D eigenvalue weighted by atomic mass is 35.5. The van der Waals surface area contributed by atoms with Crippen molar-refractivity contribution < 1.29 is 27.6 Å². The molecule has 2 aromatic carbocycles. The lowest BCUT2D eigenvalue weighted by atomic mass is 9.91. The summed E-state index contributed by atoms with van der Waals surface area (Å²) in [6.45, 7) is 2.56. The number of carbonyl (C=O) groups is 3. The van der Waals surface area contributed by atoms with Gasteiger partial charge in [0.1, 0.15) is 0 Å². The van der Waals surface area contributed by atoms with Crippen molar-refractivity contribution in [2.75, 3.05) is 43.8 Å². The average Bonchev–Trinajstić information content (AvgIpc) is 3.16. The number of para-hydroxylation sites is 1. The van der Waals surface area contributed by atoms with E-state index in [0.29, 0.717) is 45.6 Å². The molecule has 3 heterocycles. The van der Waals surface area contributed by atoms with E-state index in [9.17, 15) is 27.6 Å². The van der Waals surface area contributed by atoms with E-state index in [4.69, 9.17) is 17.3 Å². The summed E-state index contributed by atoms with van der Waals surface area (Å²) in [5, 5.41) is 2.76. The highest BCUT2D eigenvalue weighted by Crippen LogP contribution is 2.38. The van der Waals surface area contributed by atoms with Crippen molar-refractivity contribution in [3.05, 3.63) is 58.1 Å². The minimum absolute atomic E-state index is 0.0261. The zero-order valence-electron chi connectivity index (χ0n) is 24.0. The molecule has 12 heteroatoms. The predicted molar refractivity (Wildman–Crippen MR) is 159 cm³/mol. The molecule has 8 nitrogen and oxygen atoms in total. The Balaban J connectivity index is 1.26. The van der Waals surface area contributed by atoms with Crippen LogP contribution >= 0.6 is 11.6 Å². The topological polar surface area (TPSA) is 99.0 Å². The van der Waals surface area contributed by atoms with Gasteiger partial charge >= 0.3 is 12.2 Å². The number of alkyl halides is 3. The van der Waals surface area contributed by atoms with Crippen LogP contribution in [0.15, 0.2) is 36.4 Å². The number of piperidine rings is 2. The van der Waals surface area contributed by atoms with Crippen LogP contribution in [-0.4, -0.2) is 71.3 Å². The number of rotatable bonds is 6. The van der Waals surface area contributed by atoms with Gasteiger partial charge in [-0.15, -0.1) is 0 Å². The highest BCUT2D eigenvalue weighted by Gasteiger charge is 2.37. The third-order valence-electron chi connectivity index (χ3n) is 8.81. The average molecular weight is 620 g/mol. The standard InChI is InChI=1S/C31H37ClF3N5O3/c32-25-18-20(17-24(28(25)36)31(33,34)35)16-22(29(42)39-11-4-1-5-12-39)19-27(41)38-13-9-23(10-14-38)40-15-8-21-6-2-3-7-26(21)37-30(40)43/h2-3,6-7,17-18,22-23H,1,4-5,8-16,19,36H2,(H,37,43). The van der Waals surface area contributed by atoms with Crippen LogP contribution in [0.25, 0.3) is 0 Å². The molecule has 2 fully saturated rings. The van der Waals surface area contributed by atoms with E-state index in [-0.39, 0.29) is 47.3 Å². The smallest absolute Gasteiger partial charge is 0.397 e. The number of hydrogen-bond acceptors (Lipinski definition) is 4. The molecule has 0 spiro atoms. The van der Waals surface area contributed by atoms with E-state index in [0.717, 1.165) is 43.0 Å². The quantitative estimate of drug-likeness (QED) is 0.412. The molecular weight excluding hydrogens is 583 g/mol. The van der Waals surface area contributed by atoms with E-state index in [1.165, 1.54) is 6.07 Å². The number of fused-ring (bicyclic) bond motifs is 1. The summed E-state index contributed by atoms with van der Waals surface area (Å²) in [7, 11) is 0. The maximum Gasteiger partial charge on any atom is 0.418 e. The Bertz CT molecular complexity index is 1360. The van der Waals surface area contributed by atoms with E-state index in [1.54, 1.807) is 9.80 Å². The monoisotopic (exact) mass is 619 g/mol. The first kappa shape index (κ1) is 31.0. The molecule has 0 aliphatic carbocycles. The Hall–Kier alpha value is -3.47. The molecule has 1 unspecified atom stereocenters. The number of urea groups is 1. The second-order valence-corrected chi connectivity index (χ2v) is 12.1. The lowest BCUT2D eigenvalue weighted by Crippen LogP contribution is -2.50. The van der Waals surface area contributed by atoms with Crippen molar-refractivity contribution in [2.24, 2.45) is 5.92 Å². The summed E-state index contributed by atoms with van der Waals surface area (Å²) in [6.07, 6.45) is -0.250. The summed E-state index contributed by atoms with van der Waals surface area (Å²) in [5.41, 5.74) is 6.12. The molecule has 0 bridgehead atoms. The Labute approximate surface area is 254 Å². The number of anilines is 2. The maximum absolute atomic E-state index is 13.6. The van der Waals surface area contributed by atoms with Crippen LogP contribution in [0.5, 0.6) is 0 Å². The predicted octanol–water partition coefficient (Wildman–Crippen LogP) is 5.58. The SMILES string of the molecule is Nc1c(Cl)cc(CC(CC(=O)N2CCC(N3CCc4ccccc4NC3=O)CC2)C(=O)N2CCCCC2)cc1C(F)(F)F. The van der Waals surface area contributed by atoms with E-state index < -0.39 is 23.3 Å². The number of nitrogen functional groups attached to an aromatic ring is 1. The fraction of sp³-hybridized carbons (Fsp3) is 0.516. The Kier molecular flexibility index (Phi) is 9.39. The number of hydrogen-bond donors (Lipinski definition) is 2. The second-order valence-electron chi connectivity index (χ2n) is 11.7. The summed E-state index contributed by atoms with van der Waals surface area (Å²) < 4.78 is 40.9. The first-order chi connectivity index (χ1) is 20.5. The molecule has 2 saturated heterocycles. The van der Waals surface area contributed by atoms with Crippen LogP contribution < -0.4 is 11.1 Å². The minimum atomic E-state index is -4.71. The van der Waals surface area contributed by atoms with Crippen LogP contribution in [0.2, 0.25) is 5.02 Å². The summed E-state index contributed by atoms with van der Waals surface area (Å²) in [6, 6.07) is 9.83. The molecule has 0 saturated carbocycles. The third-order valence-corrected chi connectivity index (χ3v) is 9.13. The first-order valence-electron chi connectivity index (χ1n) is 14.9. The highest BCUT2D eigenvalue weighted by molar-refractivity contribution is 6.33.